The third-order valence-electron chi connectivity index (χ3n) is 4.64. The molecule has 0 aliphatic carbocycles. The van der Waals surface area contributed by atoms with Crippen LogP contribution in [0.2, 0.25) is 0 Å². The van der Waals surface area contributed by atoms with Crippen LogP contribution < -0.4 is 4.74 Å². The van der Waals surface area contributed by atoms with Crippen LogP contribution in [-0.4, -0.2) is 40.8 Å². The fourth-order valence-electron chi connectivity index (χ4n) is 3.08. The van der Waals surface area contributed by atoms with Crippen molar-refractivity contribution in [2.75, 3.05) is 13.1 Å². The minimum atomic E-state index is 0.0103. The maximum absolute atomic E-state index is 12.6. The highest BCUT2D eigenvalue weighted by Gasteiger charge is 2.33. The molecule has 0 spiro atoms. The molecule has 0 atom stereocenters. The van der Waals surface area contributed by atoms with Crippen molar-refractivity contribution in [1.82, 2.24) is 9.88 Å². The summed E-state index contributed by atoms with van der Waals surface area (Å²) in [7, 11) is 0. The molecular formula is C22H20N2O3S. The zero-order valence-electron chi connectivity index (χ0n) is 15.3. The topological polar surface area (TPSA) is 59.5 Å². The Morgan fingerprint density at radius 3 is 2.64 bits per heavy atom. The monoisotopic (exact) mass is 392 g/mol. The van der Waals surface area contributed by atoms with Crippen molar-refractivity contribution in [2.45, 2.75) is 18.9 Å². The molecule has 1 aliphatic rings. The molecule has 2 aromatic heterocycles. The Morgan fingerprint density at radius 2 is 1.89 bits per heavy atom. The van der Waals surface area contributed by atoms with Gasteiger partial charge in [-0.2, -0.15) is 0 Å². The van der Waals surface area contributed by atoms with Gasteiger partial charge < -0.3 is 9.64 Å². The van der Waals surface area contributed by atoms with Gasteiger partial charge in [-0.3, -0.25) is 14.6 Å². The lowest BCUT2D eigenvalue weighted by Gasteiger charge is -2.38. The molecule has 1 saturated heterocycles. The normalized spacial score (nSPS) is 13.8. The number of carbonyl (C=O) groups excluding carboxylic acids is 2. The van der Waals surface area contributed by atoms with Gasteiger partial charge in [0.1, 0.15) is 11.9 Å². The van der Waals surface area contributed by atoms with E-state index in [2.05, 4.69) is 4.98 Å². The summed E-state index contributed by atoms with van der Waals surface area (Å²) in [5.41, 5.74) is 0.732. The van der Waals surface area contributed by atoms with E-state index in [0.717, 1.165) is 16.2 Å². The number of ether oxygens (including phenoxy) is 1. The Labute approximate surface area is 167 Å². The molecule has 0 radical (unpaired) electrons. The van der Waals surface area contributed by atoms with Gasteiger partial charge in [0.05, 0.1) is 24.2 Å². The summed E-state index contributed by atoms with van der Waals surface area (Å²) < 4.78 is 5.79. The van der Waals surface area contributed by atoms with Gasteiger partial charge in [0.2, 0.25) is 0 Å². The van der Waals surface area contributed by atoms with Crippen LogP contribution >= 0.6 is 11.3 Å². The van der Waals surface area contributed by atoms with E-state index in [9.17, 15) is 9.59 Å². The van der Waals surface area contributed by atoms with Crippen molar-refractivity contribution in [3.63, 3.8) is 0 Å². The summed E-state index contributed by atoms with van der Waals surface area (Å²) in [6.07, 6.45) is 4.48. The van der Waals surface area contributed by atoms with E-state index >= 15 is 0 Å². The van der Waals surface area contributed by atoms with Crippen LogP contribution in [-0.2, 0) is 6.42 Å². The summed E-state index contributed by atoms with van der Waals surface area (Å²) in [5.74, 6) is 0.873. The lowest BCUT2D eigenvalue weighted by atomic mass is 10.1. The number of aromatic nitrogens is 1. The number of hydrogen-bond donors (Lipinski definition) is 0. The van der Waals surface area contributed by atoms with Crippen LogP contribution in [0.3, 0.4) is 0 Å². The summed E-state index contributed by atoms with van der Waals surface area (Å²) in [5, 5.41) is 0. The van der Waals surface area contributed by atoms with E-state index in [-0.39, 0.29) is 17.8 Å². The fourth-order valence-corrected chi connectivity index (χ4v) is 4.05. The summed E-state index contributed by atoms with van der Waals surface area (Å²) >= 11 is 1.47. The van der Waals surface area contributed by atoms with Gasteiger partial charge in [0.15, 0.2) is 5.78 Å². The molecule has 0 bridgehead atoms. The van der Waals surface area contributed by atoms with Crippen molar-refractivity contribution in [3.8, 4) is 5.75 Å². The minimum Gasteiger partial charge on any atom is -0.485 e. The minimum absolute atomic E-state index is 0.0103. The Bertz CT molecular complexity index is 950. The predicted molar refractivity (Wildman–Crippen MR) is 108 cm³/mol. The lowest BCUT2D eigenvalue weighted by molar-refractivity contribution is 0.0180. The average Bonchev–Trinajstić information content (AvgIpc) is 3.19. The molecule has 0 saturated carbocycles. The highest BCUT2D eigenvalue weighted by atomic mass is 32.1. The zero-order chi connectivity index (χ0) is 19.3. The summed E-state index contributed by atoms with van der Waals surface area (Å²) in [4.78, 5) is 32.4. The maximum atomic E-state index is 12.6. The van der Waals surface area contributed by atoms with E-state index in [1.807, 2.05) is 54.6 Å². The number of rotatable bonds is 7. The first-order valence-corrected chi connectivity index (χ1v) is 10.0. The predicted octanol–water partition coefficient (Wildman–Crippen LogP) is 3.86. The Hall–Kier alpha value is -2.99. The number of thiophene rings is 1. The maximum Gasteiger partial charge on any atom is 0.264 e. The fraction of sp³-hybridized carbons (Fsp3) is 0.227. The highest BCUT2D eigenvalue weighted by molar-refractivity contribution is 7.14. The molecule has 4 rings (SSSR count). The quantitative estimate of drug-likeness (QED) is 0.573. The van der Waals surface area contributed by atoms with E-state index < -0.39 is 0 Å². The van der Waals surface area contributed by atoms with E-state index in [4.69, 9.17) is 4.74 Å². The van der Waals surface area contributed by atoms with E-state index in [1.165, 1.54) is 11.3 Å². The molecule has 1 amide bonds. The molecule has 0 N–H and O–H groups in total. The molecule has 6 heteroatoms. The smallest absolute Gasteiger partial charge is 0.264 e. The molecular weight excluding hydrogens is 372 g/mol. The first-order valence-electron chi connectivity index (χ1n) is 9.22. The number of aryl methyl sites for hydroxylation is 1. The van der Waals surface area contributed by atoms with Gasteiger partial charge in [-0.1, -0.05) is 30.3 Å². The second-order valence-electron chi connectivity index (χ2n) is 6.69. The molecule has 1 aromatic carbocycles. The number of hydrogen-bond acceptors (Lipinski definition) is 5. The van der Waals surface area contributed by atoms with E-state index in [1.54, 1.807) is 17.3 Å². The van der Waals surface area contributed by atoms with Gasteiger partial charge >= 0.3 is 0 Å². The SMILES string of the molecule is O=C(CCc1ccc(C(=O)N2CC(Oc3cccnc3)C2)s1)c1ccccc1. The summed E-state index contributed by atoms with van der Waals surface area (Å²) in [6.45, 7) is 1.15. The van der Waals surface area contributed by atoms with Crippen molar-refractivity contribution >= 4 is 23.0 Å². The number of carbonyl (C=O) groups is 2. The van der Waals surface area contributed by atoms with Gasteiger partial charge in [-0.15, -0.1) is 11.3 Å². The molecule has 1 fully saturated rings. The number of pyridine rings is 1. The van der Waals surface area contributed by atoms with Gasteiger partial charge in [-0.05, 0) is 30.7 Å². The van der Waals surface area contributed by atoms with Crippen LogP contribution in [0, 0.1) is 0 Å². The second kappa shape index (κ2) is 8.35. The Morgan fingerprint density at radius 1 is 1.07 bits per heavy atom. The molecule has 3 aromatic rings. The number of ketones is 1. The molecule has 142 valence electrons. The number of nitrogens with zero attached hydrogens (tertiary/aromatic N) is 2. The summed E-state index contributed by atoms with van der Waals surface area (Å²) in [6, 6.07) is 16.8. The second-order valence-corrected chi connectivity index (χ2v) is 7.86. The zero-order valence-corrected chi connectivity index (χ0v) is 16.1. The molecule has 28 heavy (non-hydrogen) atoms. The lowest BCUT2D eigenvalue weighted by Crippen LogP contribution is -2.56. The molecule has 0 unspecified atom stereocenters. The molecule has 1 aliphatic heterocycles. The van der Waals surface area contributed by atoms with Crippen molar-refractivity contribution < 1.29 is 14.3 Å². The van der Waals surface area contributed by atoms with E-state index in [0.29, 0.717) is 30.8 Å². The standard InChI is InChI=1S/C22H20N2O3S/c25-20(16-5-2-1-3-6-16)10-8-19-9-11-21(28-19)22(26)24-14-18(15-24)27-17-7-4-12-23-13-17/h1-7,9,11-13,18H,8,10,14-15H2. The first kappa shape index (κ1) is 18.4. The van der Waals surface area contributed by atoms with Crippen molar-refractivity contribution in [1.29, 1.82) is 0 Å². The van der Waals surface area contributed by atoms with Gasteiger partial charge in [0.25, 0.3) is 5.91 Å². The Kier molecular flexibility index (Phi) is 5.48. The van der Waals surface area contributed by atoms with Gasteiger partial charge in [0, 0.05) is 23.1 Å². The number of benzene rings is 1. The molecule has 5 nitrogen and oxygen atoms in total. The van der Waals surface area contributed by atoms with Crippen molar-refractivity contribution in [3.05, 3.63) is 82.3 Å². The molecule has 3 heterocycles. The van der Waals surface area contributed by atoms with Crippen LogP contribution in [0.25, 0.3) is 0 Å². The van der Waals surface area contributed by atoms with Crippen LogP contribution in [0.1, 0.15) is 31.3 Å². The first-order chi connectivity index (χ1) is 13.7. The average molecular weight is 392 g/mol. The van der Waals surface area contributed by atoms with Crippen LogP contribution in [0.4, 0.5) is 0 Å². The highest BCUT2D eigenvalue weighted by Crippen LogP contribution is 2.24. The van der Waals surface area contributed by atoms with Crippen LogP contribution in [0.5, 0.6) is 5.75 Å². The largest absolute Gasteiger partial charge is 0.485 e. The third kappa shape index (κ3) is 4.28. The third-order valence-corrected chi connectivity index (χ3v) is 5.77. The number of amides is 1. The Balaban J connectivity index is 1.26. The van der Waals surface area contributed by atoms with Gasteiger partial charge in [-0.25, -0.2) is 0 Å². The van der Waals surface area contributed by atoms with Crippen molar-refractivity contribution in [2.24, 2.45) is 0 Å². The van der Waals surface area contributed by atoms with Crippen LogP contribution in [0.15, 0.2) is 67.0 Å². The number of Topliss-reactive ketones (excluding diaryl/α,β-unsaturated/α-hetero) is 1. The number of likely N-dealkylation sites (tertiary alicyclic amines) is 1.